The molecule has 0 N–H and O–H groups in total. The van der Waals surface area contributed by atoms with E-state index >= 15 is 0 Å². The van der Waals surface area contributed by atoms with Gasteiger partial charge in [-0.15, -0.1) is 11.6 Å². The smallest absolute Gasteiger partial charge is 0.184 e. The van der Waals surface area contributed by atoms with Crippen LogP contribution >= 0.6 is 11.6 Å². The van der Waals surface area contributed by atoms with Crippen molar-refractivity contribution in [1.29, 1.82) is 0 Å². The van der Waals surface area contributed by atoms with E-state index in [0.717, 1.165) is 6.07 Å². The van der Waals surface area contributed by atoms with Gasteiger partial charge in [0, 0.05) is 7.11 Å². The molecule has 6 heteroatoms. The number of halogens is 3. The molecule has 1 atom stereocenters. The van der Waals surface area contributed by atoms with Gasteiger partial charge < -0.3 is 9.30 Å². The van der Waals surface area contributed by atoms with Gasteiger partial charge in [0.2, 0.25) is 0 Å². The molecule has 0 fully saturated rings. The van der Waals surface area contributed by atoms with Crippen molar-refractivity contribution >= 4 is 22.6 Å². The van der Waals surface area contributed by atoms with Crippen molar-refractivity contribution in [3.05, 3.63) is 29.6 Å². The van der Waals surface area contributed by atoms with Crippen LogP contribution in [-0.2, 0) is 11.3 Å². The van der Waals surface area contributed by atoms with E-state index in [9.17, 15) is 8.78 Å². The van der Waals surface area contributed by atoms with Gasteiger partial charge in [0.25, 0.3) is 0 Å². The van der Waals surface area contributed by atoms with Crippen molar-refractivity contribution in [2.75, 3.05) is 7.11 Å². The lowest BCUT2D eigenvalue weighted by atomic mass is 10.1. The average molecular weight is 303 g/mol. The fourth-order valence-electron chi connectivity index (χ4n) is 2.08. The first-order chi connectivity index (χ1) is 9.26. The van der Waals surface area contributed by atoms with Crippen LogP contribution in [-0.4, -0.2) is 22.3 Å². The Bertz CT molecular complexity index is 638. The van der Waals surface area contributed by atoms with Gasteiger partial charge in [-0.25, -0.2) is 13.8 Å². The number of ether oxygens (including phenoxy) is 1. The van der Waals surface area contributed by atoms with E-state index in [1.165, 1.54) is 6.07 Å². The Hall–Kier alpha value is -1.20. The van der Waals surface area contributed by atoms with Gasteiger partial charge in [-0.1, -0.05) is 0 Å². The summed E-state index contributed by atoms with van der Waals surface area (Å²) in [6.45, 7) is 5.79. The molecule has 20 heavy (non-hydrogen) atoms. The standard InChI is InChI=1S/C14H17ClF2N2O/c1-8(15)13-18-10-6-5-9(16)11(17)12(10)19(13)7-14(2,3)20-4/h5-6,8H,7H2,1-4H3. The lowest BCUT2D eigenvalue weighted by Crippen LogP contribution is -2.30. The summed E-state index contributed by atoms with van der Waals surface area (Å²) in [5.41, 5.74) is -0.0386. The van der Waals surface area contributed by atoms with Crippen LogP contribution in [0.3, 0.4) is 0 Å². The zero-order valence-electron chi connectivity index (χ0n) is 11.9. The SMILES string of the molecule is COC(C)(C)Cn1c(C(C)Cl)nc2ccc(F)c(F)c21. The molecule has 0 saturated carbocycles. The summed E-state index contributed by atoms with van der Waals surface area (Å²) in [7, 11) is 1.57. The van der Waals surface area contributed by atoms with E-state index in [2.05, 4.69) is 4.98 Å². The number of fused-ring (bicyclic) bond motifs is 1. The second kappa shape index (κ2) is 5.30. The summed E-state index contributed by atoms with van der Waals surface area (Å²) in [5.74, 6) is -1.32. The number of hydrogen-bond donors (Lipinski definition) is 0. The second-order valence-corrected chi connectivity index (χ2v) is 6.02. The molecule has 2 aromatic rings. The molecular formula is C14H17ClF2N2O. The molecule has 0 aliphatic heterocycles. The first-order valence-electron chi connectivity index (χ1n) is 6.30. The number of hydrogen-bond acceptors (Lipinski definition) is 2. The first kappa shape index (κ1) is 15.2. The highest BCUT2D eigenvalue weighted by atomic mass is 35.5. The van der Waals surface area contributed by atoms with Crippen LogP contribution in [0, 0.1) is 11.6 Å². The van der Waals surface area contributed by atoms with E-state index in [1.54, 1.807) is 18.6 Å². The monoisotopic (exact) mass is 302 g/mol. The predicted molar refractivity (Wildman–Crippen MR) is 75.0 cm³/mol. The molecule has 0 spiro atoms. The molecule has 0 amide bonds. The minimum atomic E-state index is -0.912. The first-order valence-corrected chi connectivity index (χ1v) is 6.74. The summed E-state index contributed by atoms with van der Waals surface area (Å²) in [5, 5.41) is -0.419. The van der Waals surface area contributed by atoms with Gasteiger partial charge in [-0.2, -0.15) is 0 Å². The number of alkyl halides is 1. The number of aromatic nitrogens is 2. The molecule has 0 aliphatic carbocycles. The normalized spacial score (nSPS) is 13.9. The number of benzene rings is 1. The van der Waals surface area contributed by atoms with Gasteiger partial charge in [0.1, 0.15) is 11.3 Å². The number of imidazole rings is 1. The molecule has 110 valence electrons. The highest BCUT2D eigenvalue weighted by Crippen LogP contribution is 2.29. The van der Waals surface area contributed by atoms with E-state index in [4.69, 9.17) is 16.3 Å². The predicted octanol–water partition coefficient (Wildman–Crippen LogP) is 4.04. The highest BCUT2D eigenvalue weighted by Gasteiger charge is 2.25. The highest BCUT2D eigenvalue weighted by molar-refractivity contribution is 6.20. The second-order valence-electron chi connectivity index (χ2n) is 5.37. The van der Waals surface area contributed by atoms with Crippen LogP contribution in [0.1, 0.15) is 32.0 Å². The van der Waals surface area contributed by atoms with Gasteiger partial charge >= 0.3 is 0 Å². The fraction of sp³-hybridized carbons (Fsp3) is 0.500. The molecule has 1 aromatic heterocycles. The Labute approximate surface area is 121 Å². The molecule has 1 heterocycles. The maximum absolute atomic E-state index is 14.1. The number of nitrogens with zero attached hydrogens (tertiary/aromatic N) is 2. The molecule has 3 nitrogen and oxygen atoms in total. The van der Waals surface area contributed by atoms with Crippen LogP contribution in [0.15, 0.2) is 12.1 Å². The Morgan fingerprint density at radius 3 is 2.60 bits per heavy atom. The molecule has 1 unspecified atom stereocenters. The summed E-state index contributed by atoms with van der Waals surface area (Å²) < 4.78 is 34.5. The van der Waals surface area contributed by atoms with Crippen molar-refractivity contribution in [3.63, 3.8) is 0 Å². The Balaban J connectivity index is 2.70. The van der Waals surface area contributed by atoms with Gasteiger partial charge in [0.15, 0.2) is 11.6 Å². The fourth-order valence-corrected chi connectivity index (χ4v) is 2.25. The van der Waals surface area contributed by atoms with Crippen LogP contribution < -0.4 is 0 Å². The quantitative estimate of drug-likeness (QED) is 0.797. The Morgan fingerprint density at radius 1 is 1.40 bits per heavy atom. The zero-order chi connectivity index (χ0) is 15.1. The number of methoxy groups -OCH3 is 1. The molecule has 0 saturated heterocycles. The summed E-state index contributed by atoms with van der Waals surface area (Å²) in [6, 6.07) is 2.52. The van der Waals surface area contributed by atoms with Crippen molar-refractivity contribution in [1.82, 2.24) is 9.55 Å². The third-order valence-corrected chi connectivity index (χ3v) is 3.47. The van der Waals surface area contributed by atoms with Gasteiger partial charge in [-0.05, 0) is 32.9 Å². The average Bonchev–Trinajstić information content (AvgIpc) is 2.73. The third kappa shape index (κ3) is 2.65. The maximum Gasteiger partial charge on any atom is 0.184 e. The Morgan fingerprint density at radius 2 is 2.05 bits per heavy atom. The minimum absolute atomic E-state index is 0.123. The molecule has 0 bridgehead atoms. The van der Waals surface area contributed by atoms with Crippen LogP contribution in [0.2, 0.25) is 0 Å². The van der Waals surface area contributed by atoms with Gasteiger partial charge in [-0.3, -0.25) is 0 Å². The van der Waals surface area contributed by atoms with E-state index in [1.807, 2.05) is 13.8 Å². The molecule has 0 aliphatic rings. The minimum Gasteiger partial charge on any atom is -0.377 e. The van der Waals surface area contributed by atoms with Crippen LogP contribution in [0.25, 0.3) is 11.0 Å². The van der Waals surface area contributed by atoms with E-state index < -0.39 is 22.6 Å². The van der Waals surface area contributed by atoms with Gasteiger partial charge in [0.05, 0.1) is 23.0 Å². The van der Waals surface area contributed by atoms with Crippen LogP contribution in [0.4, 0.5) is 8.78 Å². The lowest BCUT2D eigenvalue weighted by molar-refractivity contribution is 0.00832. The maximum atomic E-state index is 14.1. The van der Waals surface area contributed by atoms with E-state index in [-0.39, 0.29) is 5.52 Å². The van der Waals surface area contributed by atoms with Crippen molar-refractivity contribution in [2.45, 2.75) is 38.3 Å². The molecule has 1 aromatic carbocycles. The largest absolute Gasteiger partial charge is 0.377 e. The molecule has 2 rings (SSSR count). The van der Waals surface area contributed by atoms with Crippen molar-refractivity contribution < 1.29 is 13.5 Å². The summed E-state index contributed by atoms with van der Waals surface area (Å²) in [4.78, 5) is 4.30. The summed E-state index contributed by atoms with van der Waals surface area (Å²) in [6.07, 6.45) is 0. The third-order valence-electron chi connectivity index (χ3n) is 3.28. The van der Waals surface area contributed by atoms with E-state index in [0.29, 0.717) is 17.9 Å². The number of rotatable bonds is 4. The molecular weight excluding hydrogens is 286 g/mol. The topological polar surface area (TPSA) is 27.1 Å². The summed E-state index contributed by atoms with van der Waals surface area (Å²) >= 11 is 6.10. The van der Waals surface area contributed by atoms with Crippen molar-refractivity contribution in [2.24, 2.45) is 0 Å². The lowest BCUT2D eigenvalue weighted by Gasteiger charge is -2.25. The zero-order valence-corrected chi connectivity index (χ0v) is 12.6. The van der Waals surface area contributed by atoms with Crippen molar-refractivity contribution in [3.8, 4) is 0 Å². The van der Waals surface area contributed by atoms with Crippen LogP contribution in [0.5, 0.6) is 0 Å². The molecule has 0 radical (unpaired) electrons. The Kier molecular flexibility index (Phi) is 4.02.